The fraction of sp³-hybridized carbons (Fsp3) is 0.462. The van der Waals surface area contributed by atoms with Gasteiger partial charge in [0.1, 0.15) is 12.4 Å². The minimum Gasteiger partial charge on any atom is -0.492 e. The second-order valence-electron chi connectivity index (χ2n) is 4.25. The SMILES string of the molecule is COC(=O)c1ccc(OCC2CCCN2F)cc1. The second kappa shape index (κ2) is 5.82. The van der Waals surface area contributed by atoms with Crippen LogP contribution in [0.15, 0.2) is 24.3 Å². The molecule has 0 spiro atoms. The normalized spacial score (nSPS) is 19.8. The van der Waals surface area contributed by atoms with E-state index in [0.717, 1.165) is 18.0 Å². The van der Waals surface area contributed by atoms with E-state index in [2.05, 4.69) is 4.74 Å². The van der Waals surface area contributed by atoms with E-state index in [-0.39, 0.29) is 12.0 Å². The van der Waals surface area contributed by atoms with Crippen molar-refractivity contribution in [1.82, 2.24) is 5.12 Å². The van der Waals surface area contributed by atoms with Crippen LogP contribution in [-0.2, 0) is 4.74 Å². The number of rotatable bonds is 4. The zero-order valence-electron chi connectivity index (χ0n) is 10.3. The monoisotopic (exact) mass is 253 g/mol. The summed E-state index contributed by atoms with van der Waals surface area (Å²) in [6.07, 6.45) is 1.68. The molecule has 1 atom stereocenters. The van der Waals surface area contributed by atoms with Crippen molar-refractivity contribution in [2.24, 2.45) is 0 Å². The molecular formula is C13H16FNO3. The number of nitrogens with zero attached hydrogens (tertiary/aromatic N) is 1. The number of esters is 1. The van der Waals surface area contributed by atoms with Crippen LogP contribution >= 0.6 is 0 Å². The van der Waals surface area contributed by atoms with E-state index in [4.69, 9.17) is 4.74 Å². The maximum Gasteiger partial charge on any atom is 0.337 e. The van der Waals surface area contributed by atoms with Crippen molar-refractivity contribution in [2.45, 2.75) is 18.9 Å². The van der Waals surface area contributed by atoms with E-state index < -0.39 is 0 Å². The second-order valence-corrected chi connectivity index (χ2v) is 4.25. The van der Waals surface area contributed by atoms with Crippen LogP contribution in [0.5, 0.6) is 5.75 Å². The number of benzene rings is 1. The van der Waals surface area contributed by atoms with Crippen LogP contribution < -0.4 is 4.74 Å². The highest BCUT2D eigenvalue weighted by Gasteiger charge is 2.24. The first-order chi connectivity index (χ1) is 8.70. The van der Waals surface area contributed by atoms with Crippen molar-refractivity contribution >= 4 is 5.97 Å². The molecule has 0 saturated carbocycles. The van der Waals surface area contributed by atoms with Crippen LogP contribution in [0.25, 0.3) is 0 Å². The molecule has 1 fully saturated rings. The summed E-state index contributed by atoms with van der Waals surface area (Å²) in [6, 6.07) is 6.46. The van der Waals surface area contributed by atoms with Crippen LogP contribution in [0.3, 0.4) is 0 Å². The molecule has 18 heavy (non-hydrogen) atoms. The lowest BCUT2D eigenvalue weighted by Gasteiger charge is -2.15. The van der Waals surface area contributed by atoms with E-state index >= 15 is 0 Å². The zero-order valence-corrected chi connectivity index (χ0v) is 10.3. The van der Waals surface area contributed by atoms with Gasteiger partial charge in [-0.25, -0.2) is 4.79 Å². The van der Waals surface area contributed by atoms with E-state index in [1.54, 1.807) is 24.3 Å². The number of carbonyl (C=O) groups excluding carboxylic acids is 1. The number of halogens is 1. The number of carbonyl (C=O) groups is 1. The van der Waals surface area contributed by atoms with Gasteiger partial charge in [-0.2, -0.15) is 0 Å². The third kappa shape index (κ3) is 2.98. The molecule has 0 aliphatic carbocycles. The molecule has 0 bridgehead atoms. The lowest BCUT2D eigenvalue weighted by molar-refractivity contribution is -0.00649. The van der Waals surface area contributed by atoms with Gasteiger partial charge < -0.3 is 9.47 Å². The average molecular weight is 253 g/mol. The molecule has 1 unspecified atom stereocenters. The summed E-state index contributed by atoms with van der Waals surface area (Å²) in [5.74, 6) is 0.246. The Hall–Kier alpha value is -1.62. The molecule has 5 heteroatoms. The summed E-state index contributed by atoms with van der Waals surface area (Å²) in [5.41, 5.74) is 0.470. The van der Waals surface area contributed by atoms with Gasteiger partial charge in [0, 0.05) is 6.54 Å². The van der Waals surface area contributed by atoms with Crippen molar-refractivity contribution in [2.75, 3.05) is 20.3 Å². The van der Waals surface area contributed by atoms with E-state index in [1.807, 2.05) is 0 Å². The highest BCUT2D eigenvalue weighted by atomic mass is 19.2. The van der Waals surface area contributed by atoms with Gasteiger partial charge in [0.15, 0.2) is 0 Å². The quantitative estimate of drug-likeness (QED) is 0.609. The Bertz CT molecular complexity index is 407. The summed E-state index contributed by atoms with van der Waals surface area (Å²) in [5, 5.41) is 0.822. The molecule has 1 aromatic rings. The van der Waals surface area contributed by atoms with E-state index in [9.17, 15) is 9.28 Å². The van der Waals surface area contributed by atoms with E-state index in [0.29, 0.717) is 24.5 Å². The van der Waals surface area contributed by atoms with Crippen LogP contribution in [0.1, 0.15) is 23.2 Å². The highest BCUT2D eigenvalue weighted by Crippen LogP contribution is 2.19. The Morgan fingerprint density at radius 3 is 2.72 bits per heavy atom. The van der Waals surface area contributed by atoms with Crippen LogP contribution in [0.4, 0.5) is 4.48 Å². The Labute approximate surface area is 105 Å². The van der Waals surface area contributed by atoms with Crippen molar-refractivity contribution in [1.29, 1.82) is 0 Å². The first-order valence-corrected chi connectivity index (χ1v) is 5.94. The van der Waals surface area contributed by atoms with Crippen molar-refractivity contribution in [3.63, 3.8) is 0 Å². The molecule has 0 radical (unpaired) electrons. The molecule has 1 saturated heterocycles. The van der Waals surface area contributed by atoms with Gasteiger partial charge in [-0.1, -0.05) is 0 Å². The van der Waals surface area contributed by atoms with Crippen molar-refractivity contribution in [3.05, 3.63) is 29.8 Å². The summed E-state index contributed by atoms with van der Waals surface area (Å²) in [7, 11) is 1.34. The van der Waals surface area contributed by atoms with Gasteiger partial charge >= 0.3 is 5.97 Å². The minimum atomic E-state index is -0.382. The molecule has 1 aromatic carbocycles. The highest BCUT2D eigenvalue weighted by molar-refractivity contribution is 5.89. The molecule has 2 rings (SSSR count). The Kier molecular flexibility index (Phi) is 4.15. The minimum absolute atomic E-state index is 0.162. The fourth-order valence-corrected chi connectivity index (χ4v) is 1.96. The van der Waals surface area contributed by atoms with Crippen LogP contribution in [0, 0.1) is 0 Å². The molecule has 4 nitrogen and oxygen atoms in total. The van der Waals surface area contributed by atoms with E-state index in [1.165, 1.54) is 7.11 Å². The largest absolute Gasteiger partial charge is 0.492 e. The Morgan fingerprint density at radius 2 is 2.17 bits per heavy atom. The van der Waals surface area contributed by atoms with Gasteiger partial charge in [-0.3, -0.25) is 0 Å². The molecule has 1 heterocycles. The molecule has 98 valence electrons. The molecule has 0 amide bonds. The molecular weight excluding hydrogens is 237 g/mol. The predicted octanol–water partition coefficient (Wildman–Crippen LogP) is 2.20. The third-order valence-electron chi connectivity index (χ3n) is 3.02. The summed E-state index contributed by atoms with van der Waals surface area (Å²) < 4.78 is 23.3. The first-order valence-electron chi connectivity index (χ1n) is 5.94. The maximum absolute atomic E-state index is 13.2. The average Bonchev–Trinajstić information content (AvgIpc) is 2.81. The summed E-state index contributed by atoms with van der Waals surface area (Å²) >= 11 is 0. The molecule has 1 aliphatic rings. The van der Waals surface area contributed by atoms with Crippen LogP contribution in [-0.4, -0.2) is 37.4 Å². The summed E-state index contributed by atoms with van der Waals surface area (Å²) in [6.45, 7) is 0.809. The standard InChI is InChI=1S/C13H16FNO3/c1-17-13(16)10-4-6-12(7-5-10)18-9-11-3-2-8-15(11)14/h4-7,11H,2-3,8-9H2,1H3. The van der Waals surface area contributed by atoms with Crippen molar-refractivity contribution < 1.29 is 18.7 Å². The lowest BCUT2D eigenvalue weighted by atomic mass is 10.2. The van der Waals surface area contributed by atoms with Gasteiger partial charge in [-0.05, 0) is 37.1 Å². The number of ether oxygens (including phenoxy) is 2. The fourth-order valence-electron chi connectivity index (χ4n) is 1.96. The predicted molar refractivity (Wildman–Crippen MR) is 64.1 cm³/mol. The number of hydrogen-bond acceptors (Lipinski definition) is 4. The molecule has 0 aromatic heterocycles. The molecule has 0 N–H and O–H groups in total. The first kappa shape index (κ1) is 12.8. The number of methoxy groups -OCH3 is 1. The number of hydrogen-bond donors (Lipinski definition) is 0. The Morgan fingerprint density at radius 1 is 1.44 bits per heavy atom. The zero-order chi connectivity index (χ0) is 13.0. The molecule has 1 aliphatic heterocycles. The maximum atomic E-state index is 13.2. The van der Waals surface area contributed by atoms with Gasteiger partial charge in [0.05, 0.1) is 18.7 Å². The van der Waals surface area contributed by atoms with Crippen molar-refractivity contribution in [3.8, 4) is 5.75 Å². The topological polar surface area (TPSA) is 38.8 Å². The van der Waals surface area contributed by atoms with Gasteiger partial charge in [-0.15, -0.1) is 9.60 Å². The van der Waals surface area contributed by atoms with Gasteiger partial charge in [0.25, 0.3) is 0 Å². The Balaban J connectivity index is 1.88. The third-order valence-corrected chi connectivity index (χ3v) is 3.02. The lowest BCUT2D eigenvalue weighted by Crippen LogP contribution is -2.27. The summed E-state index contributed by atoms with van der Waals surface area (Å²) in [4.78, 5) is 11.2. The smallest absolute Gasteiger partial charge is 0.337 e. The van der Waals surface area contributed by atoms with Crippen LogP contribution in [0.2, 0.25) is 0 Å². The van der Waals surface area contributed by atoms with Gasteiger partial charge in [0.2, 0.25) is 0 Å².